The number of anilines is 1. The van der Waals surface area contributed by atoms with Crippen LogP contribution >= 0.6 is 0 Å². The van der Waals surface area contributed by atoms with Crippen molar-refractivity contribution in [2.75, 3.05) is 31.2 Å². The molecule has 0 spiro atoms. The molecule has 0 aromatic heterocycles. The molecule has 0 radical (unpaired) electrons. The molecule has 1 saturated heterocycles. The predicted molar refractivity (Wildman–Crippen MR) is 101 cm³/mol. The van der Waals surface area contributed by atoms with Gasteiger partial charge in [-0.1, -0.05) is 18.2 Å². The second-order valence-electron chi connectivity index (χ2n) is 6.65. The number of nitrogens with one attached hydrogen (secondary N) is 1. The maximum atomic E-state index is 12.7. The van der Waals surface area contributed by atoms with Gasteiger partial charge in [0.1, 0.15) is 13.2 Å². The van der Waals surface area contributed by atoms with Crippen molar-refractivity contribution in [2.45, 2.75) is 19.3 Å². The summed E-state index contributed by atoms with van der Waals surface area (Å²) in [6.07, 6.45) is 2.06. The van der Waals surface area contributed by atoms with E-state index in [0.717, 1.165) is 23.5 Å². The molecule has 0 atom stereocenters. The molecule has 0 bridgehead atoms. The highest BCUT2D eigenvalue weighted by molar-refractivity contribution is 6.05. The van der Waals surface area contributed by atoms with Gasteiger partial charge in [0.05, 0.1) is 11.3 Å². The van der Waals surface area contributed by atoms with Crippen molar-refractivity contribution in [3.8, 4) is 11.5 Å². The minimum Gasteiger partial charge on any atom is -0.486 e. The molecule has 2 aliphatic heterocycles. The second kappa shape index (κ2) is 7.70. The highest BCUT2D eigenvalue weighted by Crippen LogP contribution is 2.31. The van der Waals surface area contributed by atoms with Crippen LogP contribution < -0.4 is 19.7 Å². The molecule has 2 heterocycles. The second-order valence-corrected chi connectivity index (χ2v) is 6.65. The van der Waals surface area contributed by atoms with E-state index in [1.165, 1.54) is 0 Å². The number of ether oxygens (including phenoxy) is 2. The lowest BCUT2D eigenvalue weighted by Gasteiger charge is -2.20. The number of hydrogen-bond donors (Lipinski definition) is 1. The van der Waals surface area contributed by atoms with Crippen molar-refractivity contribution in [2.24, 2.45) is 0 Å². The van der Waals surface area contributed by atoms with E-state index >= 15 is 0 Å². The van der Waals surface area contributed by atoms with Gasteiger partial charge in [-0.3, -0.25) is 9.59 Å². The molecule has 6 nitrogen and oxygen atoms in total. The van der Waals surface area contributed by atoms with Gasteiger partial charge in [-0.2, -0.15) is 0 Å². The molecule has 140 valence electrons. The van der Waals surface area contributed by atoms with Gasteiger partial charge in [0, 0.05) is 19.5 Å². The van der Waals surface area contributed by atoms with E-state index in [1.807, 2.05) is 36.4 Å². The average Bonchev–Trinajstić information content (AvgIpc) is 3.13. The maximum Gasteiger partial charge on any atom is 0.253 e. The van der Waals surface area contributed by atoms with Crippen molar-refractivity contribution < 1.29 is 19.1 Å². The summed E-state index contributed by atoms with van der Waals surface area (Å²) >= 11 is 0. The Morgan fingerprint density at radius 2 is 1.89 bits per heavy atom. The van der Waals surface area contributed by atoms with Gasteiger partial charge in [-0.05, 0) is 42.7 Å². The molecule has 2 aliphatic rings. The van der Waals surface area contributed by atoms with E-state index in [1.54, 1.807) is 11.0 Å². The molecule has 2 aromatic carbocycles. The molecule has 0 unspecified atom stereocenters. The van der Waals surface area contributed by atoms with Gasteiger partial charge in [0.15, 0.2) is 11.5 Å². The molecule has 27 heavy (non-hydrogen) atoms. The van der Waals surface area contributed by atoms with E-state index in [4.69, 9.17) is 9.47 Å². The summed E-state index contributed by atoms with van der Waals surface area (Å²) < 4.78 is 11.1. The van der Waals surface area contributed by atoms with Crippen LogP contribution in [0.25, 0.3) is 0 Å². The molecular weight excluding hydrogens is 344 g/mol. The Hall–Kier alpha value is -3.02. The lowest BCUT2D eigenvalue weighted by atomic mass is 10.1. The first-order valence-corrected chi connectivity index (χ1v) is 9.28. The van der Waals surface area contributed by atoms with Crippen LogP contribution in [0.1, 0.15) is 28.8 Å². The third-order valence-electron chi connectivity index (χ3n) is 4.82. The monoisotopic (exact) mass is 366 g/mol. The number of amides is 2. The summed E-state index contributed by atoms with van der Waals surface area (Å²) in [6, 6.07) is 13.1. The molecule has 1 N–H and O–H groups in total. The quantitative estimate of drug-likeness (QED) is 0.883. The number of carbonyl (C=O) groups excluding carboxylic acids is 2. The fourth-order valence-corrected chi connectivity index (χ4v) is 3.46. The molecule has 4 rings (SSSR count). The summed E-state index contributed by atoms with van der Waals surface area (Å²) in [5, 5.41) is 2.96. The lowest BCUT2D eigenvalue weighted by Crippen LogP contribution is -2.30. The zero-order valence-electron chi connectivity index (χ0n) is 15.1. The van der Waals surface area contributed by atoms with Crippen molar-refractivity contribution in [1.82, 2.24) is 5.32 Å². The Kier molecular flexibility index (Phi) is 4.96. The van der Waals surface area contributed by atoms with E-state index in [0.29, 0.717) is 50.4 Å². The average molecular weight is 366 g/mol. The van der Waals surface area contributed by atoms with Gasteiger partial charge in [0.25, 0.3) is 5.91 Å². The number of benzene rings is 2. The zero-order chi connectivity index (χ0) is 18.6. The third-order valence-corrected chi connectivity index (χ3v) is 4.82. The van der Waals surface area contributed by atoms with Crippen LogP contribution in [0.3, 0.4) is 0 Å². The van der Waals surface area contributed by atoms with Crippen LogP contribution in [-0.2, 0) is 11.2 Å². The largest absolute Gasteiger partial charge is 0.486 e. The first-order chi connectivity index (χ1) is 13.2. The Morgan fingerprint density at radius 3 is 2.70 bits per heavy atom. The van der Waals surface area contributed by atoms with Gasteiger partial charge in [0.2, 0.25) is 5.91 Å². The molecular formula is C21H22N2O4. The van der Waals surface area contributed by atoms with Gasteiger partial charge in [-0.15, -0.1) is 0 Å². The van der Waals surface area contributed by atoms with Crippen molar-refractivity contribution in [1.29, 1.82) is 0 Å². The first kappa shape index (κ1) is 17.4. The summed E-state index contributed by atoms with van der Waals surface area (Å²) in [5.41, 5.74) is 2.30. The van der Waals surface area contributed by atoms with Crippen molar-refractivity contribution in [3.63, 3.8) is 0 Å². The minimum atomic E-state index is -0.164. The summed E-state index contributed by atoms with van der Waals surface area (Å²) in [5.74, 6) is 1.43. The standard InChI is InChI=1S/C21H22N2O4/c24-20-6-3-11-23(20)17-5-2-1-4-16(17)21(25)22-10-9-15-7-8-18-19(14-15)27-13-12-26-18/h1-2,4-5,7-8,14H,3,6,9-13H2,(H,22,25). The predicted octanol–water partition coefficient (Wildman–Crippen LogP) is 2.56. The number of rotatable bonds is 5. The number of hydrogen-bond acceptors (Lipinski definition) is 4. The summed E-state index contributed by atoms with van der Waals surface area (Å²) in [6.45, 7) is 2.29. The van der Waals surface area contributed by atoms with Crippen molar-refractivity contribution >= 4 is 17.5 Å². The highest BCUT2D eigenvalue weighted by atomic mass is 16.6. The Labute approximate surface area is 158 Å². The minimum absolute atomic E-state index is 0.0755. The smallest absolute Gasteiger partial charge is 0.253 e. The van der Waals surface area contributed by atoms with E-state index < -0.39 is 0 Å². The van der Waals surface area contributed by atoms with E-state index in [-0.39, 0.29) is 11.8 Å². The van der Waals surface area contributed by atoms with Crippen LogP contribution in [0.15, 0.2) is 42.5 Å². The molecule has 2 amide bonds. The Bertz CT molecular complexity index is 865. The molecule has 1 fully saturated rings. The van der Waals surface area contributed by atoms with E-state index in [9.17, 15) is 9.59 Å². The number of carbonyl (C=O) groups is 2. The Morgan fingerprint density at radius 1 is 1.07 bits per heavy atom. The number of fused-ring (bicyclic) bond motifs is 1. The SMILES string of the molecule is O=C(NCCc1ccc2c(c1)OCCO2)c1ccccc1N1CCCC1=O. The van der Waals surface area contributed by atoms with Crippen LogP contribution in [0.5, 0.6) is 11.5 Å². The normalized spacial score (nSPS) is 15.7. The summed E-state index contributed by atoms with van der Waals surface area (Å²) in [4.78, 5) is 26.4. The van der Waals surface area contributed by atoms with Crippen LogP contribution in [0.2, 0.25) is 0 Å². The summed E-state index contributed by atoms with van der Waals surface area (Å²) in [7, 11) is 0. The lowest BCUT2D eigenvalue weighted by molar-refractivity contribution is -0.117. The van der Waals surface area contributed by atoms with Crippen molar-refractivity contribution in [3.05, 3.63) is 53.6 Å². The van der Waals surface area contributed by atoms with Crippen LogP contribution in [-0.4, -0.2) is 38.1 Å². The Balaban J connectivity index is 1.39. The van der Waals surface area contributed by atoms with Crippen LogP contribution in [0.4, 0.5) is 5.69 Å². The van der Waals surface area contributed by atoms with Gasteiger partial charge in [-0.25, -0.2) is 0 Å². The molecule has 6 heteroatoms. The zero-order valence-corrected chi connectivity index (χ0v) is 15.1. The van der Waals surface area contributed by atoms with Gasteiger partial charge < -0.3 is 19.7 Å². The third kappa shape index (κ3) is 3.74. The molecule has 0 aliphatic carbocycles. The number of para-hydroxylation sites is 1. The fraction of sp³-hybridized carbons (Fsp3) is 0.333. The van der Waals surface area contributed by atoms with Gasteiger partial charge >= 0.3 is 0 Å². The first-order valence-electron chi connectivity index (χ1n) is 9.28. The topological polar surface area (TPSA) is 67.9 Å². The van der Waals surface area contributed by atoms with E-state index in [2.05, 4.69) is 5.32 Å². The van der Waals surface area contributed by atoms with Crippen LogP contribution in [0, 0.1) is 0 Å². The maximum absolute atomic E-state index is 12.7. The molecule has 2 aromatic rings. The molecule has 0 saturated carbocycles. The number of nitrogens with zero attached hydrogens (tertiary/aromatic N) is 1. The highest BCUT2D eigenvalue weighted by Gasteiger charge is 2.25. The fourth-order valence-electron chi connectivity index (χ4n) is 3.46.